The van der Waals surface area contributed by atoms with Crippen LogP contribution >= 0.6 is 0 Å². The van der Waals surface area contributed by atoms with E-state index < -0.39 is 157 Å². The van der Waals surface area contributed by atoms with Gasteiger partial charge in [0.2, 0.25) is 0 Å². The Morgan fingerprint density at radius 3 is 1.87 bits per heavy atom. The molecule has 20 nitrogen and oxygen atoms in total. The molecule has 12 N–H and O–H groups in total. The number of carbonyl (C=O) groups is 1. The van der Waals surface area contributed by atoms with Crippen LogP contribution in [0, 0.1) is 45.3 Å². The van der Waals surface area contributed by atoms with Gasteiger partial charge >= 0.3 is 5.97 Å². The highest BCUT2D eigenvalue weighted by molar-refractivity contribution is 5.65. The lowest BCUT2D eigenvalue weighted by Gasteiger charge is -2.72. The number of fused-ring (bicyclic) bond motifs is 5. The van der Waals surface area contributed by atoms with Crippen molar-refractivity contribution >= 4 is 5.97 Å². The van der Waals surface area contributed by atoms with Gasteiger partial charge in [0.15, 0.2) is 18.9 Å². The Morgan fingerprint density at radius 1 is 0.686 bits per heavy atom. The summed E-state index contributed by atoms with van der Waals surface area (Å²) < 4.78 is 42.7. The fourth-order valence-electron chi connectivity index (χ4n) is 15.1. The minimum atomic E-state index is -1.83. The van der Waals surface area contributed by atoms with Gasteiger partial charge < -0.3 is 94.4 Å². The summed E-state index contributed by atoms with van der Waals surface area (Å²) in [5, 5.41) is 133. The molecule has 3 aliphatic heterocycles. The molecular weight excluding hydrogens is 921 g/mol. The van der Waals surface area contributed by atoms with E-state index in [0.717, 1.165) is 5.57 Å². The molecule has 26 atom stereocenters. The van der Waals surface area contributed by atoms with E-state index in [-0.39, 0.29) is 30.3 Å². The van der Waals surface area contributed by atoms with Crippen molar-refractivity contribution in [1.29, 1.82) is 0 Å². The smallest absolute Gasteiger partial charge is 0.302 e. The highest BCUT2D eigenvalue weighted by Crippen LogP contribution is 2.76. The number of aliphatic hydroxyl groups is 12. The summed E-state index contributed by atoms with van der Waals surface area (Å²) >= 11 is 0. The van der Waals surface area contributed by atoms with Crippen LogP contribution in [0.2, 0.25) is 0 Å². The largest absolute Gasteiger partial charge is 0.463 e. The van der Waals surface area contributed by atoms with Crippen LogP contribution in [0.25, 0.3) is 0 Å². The first-order chi connectivity index (χ1) is 32.6. The van der Waals surface area contributed by atoms with Crippen molar-refractivity contribution in [1.82, 2.24) is 0 Å². The molecule has 0 aromatic heterocycles. The molecule has 0 aromatic carbocycles. The predicted octanol–water partition coefficient (Wildman–Crippen LogP) is -0.485. The average molecular weight is 1010 g/mol. The van der Waals surface area contributed by atoms with E-state index in [4.69, 9.17) is 33.2 Å². The summed E-state index contributed by atoms with van der Waals surface area (Å²) in [6.45, 7) is 15.9. The molecule has 20 heteroatoms. The van der Waals surface area contributed by atoms with E-state index in [9.17, 15) is 66.1 Å². The molecule has 404 valence electrons. The van der Waals surface area contributed by atoms with Crippen LogP contribution in [-0.4, -0.2) is 203 Å². The third kappa shape index (κ3) is 9.70. The first-order valence-corrected chi connectivity index (χ1v) is 25.4. The molecule has 3 saturated heterocycles. The maximum Gasteiger partial charge on any atom is 0.302 e. The number of aliphatic hydroxyl groups excluding tert-OH is 12. The Bertz CT molecular complexity index is 1830. The lowest BCUT2D eigenvalue weighted by molar-refractivity contribution is -0.374. The third-order valence-electron chi connectivity index (χ3n) is 19.0. The fraction of sp³-hybridized carbons (Fsp3) is 0.940. The second-order valence-electron chi connectivity index (χ2n) is 23.7. The van der Waals surface area contributed by atoms with Crippen LogP contribution in [0.1, 0.15) is 114 Å². The molecule has 7 fully saturated rings. The van der Waals surface area contributed by atoms with E-state index in [0.29, 0.717) is 51.4 Å². The first kappa shape index (κ1) is 56.2. The number of carbonyl (C=O) groups excluding carboxylic acids is 1. The predicted molar refractivity (Wildman–Crippen MR) is 245 cm³/mol. The van der Waals surface area contributed by atoms with Gasteiger partial charge in [-0.15, -0.1) is 0 Å². The molecule has 3 heterocycles. The topological polar surface area (TPSA) is 324 Å². The van der Waals surface area contributed by atoms with Crippen molar-refractivity contribution in [2.24, 2.45) is 45.3 Å². The van der Waals surface area contributed by atoms with E-state index in [2.05, 4.69) is 26.8 Å². The maximum absolute atomic E-state index is 12.8. The standard InChI is InChI=1S/C50H84O20/c1-22(2)11-10-14-50(9,70-45-39(62)36(59)34(57)29(68-45)21-64-23(3)53)24-12-16-48(7)32(24)25(54)17-30-47(6)15-13-31(55)46(4,5)42(47)26(18-49(30,48)8)65-43-40(63)37(60)41(28(20-52)67-43)69-44-38(61)35(58)33(56)27(19-51)66-44/h11,24-45,51-52,54-63H,10,12-21H2,1-9H3/t24-,25+,26+,27+,28+,29+,30+,31-,32-,33+,34+,35-,36-,37+,38+,39+,40+,41+,42-,43+,44-,45-,47+,48+,49+,50-/m0/s1. The van der Waals surface area contributed by atoms with Crippen molar-refractivity contribution in [2.45, 2.75) is 230 Å². The van der Waals surface area contributed by atoms with Crippen molar-refractivity contribution in [3.8, 4) is 0 Å². The maximum atomic E-state index is 12.8. The SMILES string of the molecule is CC(=O)OC[C@H]1O[C@@H](O[C@@](C)(CCC=C(C)C)[C@H]2CC[C@]3(C)[C@@H]2[C@H](O)C[C@@H]2[C@@]4(C)CC[C@H](O)C(C)(C)[C@@H]4[C@H](O[C@@H]4O[C@H](CO)[C@@H](O[C@@H]5O[C@H](CO)[C@@H](O)[C@H](O)[C@H]5O)[C@H](O)[C@H]4O)C[C@]23C)[C@H](O)[C@@H](O)[C@@H]1O. The Labute approximate surface area is 410 Å². The number of esters is 1. The van der Waals surface area contributed by atoms with E-state index in [1.807, 2.05) is 34.6 Å². The Kier molecular flexibility index (Phi) is 16.8. The molecule has 70 heavy (non-hydrogen) atoms. The number of allylic oxidation sites excluding steroid dienone is 2. The Balaban J connectivity index is 1.21. The zero-order chi connectivity index (χ0) is 51.8. The van der Waals surface area contributed by atoms with Crippen LogP contribution in [-0.2, 0) is 38.0 Å². The Morgan fingerprint density at radius 2 is 1.26 bits per heavy atom. The second-order valence-corrected chi connectivity index (χ2v) is 23.7. The van der Waals surface area contributed by atoms with E-state index in [1.54, 1.807) is 0 Å². The molecule has 0 aromatic rings. The molecule has 7 aliphatic rings. The van der Waals surface area contributed by atoms with Crippen LogP contribution < -0.4 is 0 Å². The molecule has 0 spiro atoms. The van der Waals surface area contributed by atoms with Gasteiger partial charge in [-0.2, -0.15) is 0 Å². The highest BCUT2D eigenvalue weighted by atomic mass is 16.7. The normalized spacial score (nSPS) is 51.0. The number of ether oxygens (including phenoxy) is 7. The third-order valence-corrected chi connectivity index (χ3v) is 19.0. The monoisotopic (exact) mass is 1000 g/mol. The molecular formula is C50H84O20. The van der Waals surface area contributed by atoms with Crippen molar-refractivity contribution in [3.05, 3.63) is 11.6 Å². The summed E-state index contributed by atoms with van der Waals surface area (Å²) in [7, 11) is 0. The molecule has 4 saturated carbocycles. The van der Waals surface area contributed by atoms with Gasteiger partial charge in [-0.05, 0) is 117 Å². The average Bonchev–Trinajstić information content (AvgIpc) is 3.68. The summed E-state index contributed by atoms with van der Waals surface area (Å²) in [6.07, 6.45) is -20.0. The van der Waals surface area contributed by atoms with E-state index in [1.165, 1.54) is 6.92 Å². The molecule has 0 radical (unpaired) electrons. The van der Waals surface area contributed by atoms with E-state index >= 15 is 0 Å². The quantitative estimate of drug-likeness (QED) is 0.0594. The lowest BCUT2D eigenvalue weighted by atomic mass is 9.34. The number of hydrogen-bond acceptors (Lipinski definition) is 20. The minimum absolute atomic E-state index is 0.101. The highest BCUT2D eigenvalue weighted by Gasteiger charge is 2.74. The zero-order valence-corrected chi connectivity index (χ0v) is 42.2. The fourth-order valence-corrected chi connectivity index (χ4v) is 15.1. The summed E-state index contributed by atoms with van der Waals surface area (Å²) in [6, 6.07) is 0. The number of hydrogen-bond donors (Lipinski definition) is 12. The van der Waals surface area contributed by atoms with Crippen LogP contribution in [0.4, 0.5) is 0 Å². The van der Waals surface area contributed by atoms with Gasteiger partial charge in [0.1, 0.15) is 79.9 Å². The van der Waals surface area contributed by atoms with Gasteiger partial charge in [-0.1, -0.05) is 46.3 Å². The van der Waals surface area contributed by atoms with Gasteiger partial charge in [0.25, 0.3) is 0 Å². The molecule has 0 unspecified atom stereocenters. The van der Waals surface area contributed by atoms with Crippen molar-refractivity contribution < 1.29 is 99.2 Å². The van der Waals surface area contributed by atoms with Crippen LogP contribution in [0.15, 0.2) is 11.6 Å². The van der Waals surface area contributed by atoms with Crippen LogP contribution in [0.3, 0.4) is 0 Å². The minimum Gasteiger partial charge on any atom is -0.463 e. The van der Waals surface area contributed by atoms with Crippen LogP contribution in [0.5, 0.6) is 0 Å². The van der Waals surface area contributed by atoms with Crippen molar-refractivity contribution in [3.63, 3.8) is 0 Å². The van der Waals surface area contributed by atoms with Gasteiger partial charge in [-0.25, -0.2) is 0 Å². The second kappa shape index (κ2) is 20.9. The summed E-state index contributed by atoms with van der Waals surface area (Å²) in [5.74, 6) is -1.81. The van der Waals surface area contributed by atoms with Gasteiger partial charge in [0.05, 0.1) is 37.1 Å². The first-order valence-electron chi connectivity index (χ1n) is 25.4. The molecule has 0 amide bonds. The van der Waals surface area contributed by atoms with Crippen molar-refractivity contribution in [2.75, 3.05) is 19.8 Å². The summed E-state index contributed by atoms with van der Waals surface area (Å²) in [5.41, 5.74) is -2.53. The summed E-state index contributed by atoms with van der Waals surface area (Å²) in [4.78, 5) is 11.7. The van der Waals surface area contributed by atoms with Gasteiger partial charge in [-0.3, -0.25) is 4.79 Å². The molecule has 0 bridgehead atoms. The van der Waals surface area contributed by atoms with Gasteiger partial charge in [0, 0.05) is 6.92 Å². The lowest BCUT2D eigenvalue weighted by Crippen LogP contribution is -2.71. The molecule has 7 rings (SSSR count). The zero-order valence-electron chi connectivity index (χ0n) is 42.2. The Hall–Kier alpha value is -1.51. The number of rotatable bonds is 14. The molecule has 4 aliphatic carbocycles.